The Balaban J connectivity index is 3.46. The lowest BCUT2D eigenvalue weighted by molar-refractivity contribution is -0.151. The number of aliphatic carboxylic acids is 4. The summed E-state index contributed by atoms with van der Waals surface area (Å²) in [5.74, 6) is -10.3. The highest BCUT2D eigenvalue weighted by molar-refractivity contribution is 6.00. The molecule has 112 valence electrons. The minimum atomic E-state index is -1.90. The van der Waals surface area contributed by atoms with E-state index in [1.54, 1.807) is 0 Å². The van der Waals surface area contributed by atoms with Crippen molar-refractivity contribution < 1.29 is 39.6 Å². The summed E-state index contributed by atoms with van der Waals surface area (Å²) in [7, 11) is 0. The zero-order valence-corrected chi connectivity index (χ0v) is 10.8. The van der Waals surface area contributed by atoms with Gasteiger partial charge >= 0.3 is 23.9 Å². The van der Waals surface area contributed by atoms with Gasteiger partial charge < -0.3 is 20.4 Å². The number of carboxylic acids is 4. The van der Waals surface area contributed by atoms with E-state index in [0.717, 1.165) is 6.07 Å². The van der Waals surface area contributed by atoms with Crippen LogP contribution >= 0.6 is 0 Å². The molecule has 0 heterocycles. The molecule has 1 aromatic carbocycles. The Morgan fingerprint density at radius 1 is 0.714 bits per heavy atom. The van der Waals surface area contributed by atoms with Crippen LogP contribution in [-0.2, 0) is 19.2 Å². The average Bonchev–Trinajstić information content (AvgIpc) is 2.25. The molecule has 1 aromatic rings. The van der Waals surface area contributed by atoms with E-state index in [2.05, 4.69) is 0 Å². The van der Waals surface area contributed by atoms with Crippen molar-refractivity contribution in [1.29, 1.82) is 0 Å². The van der Waals surface area contributed by atoms with Gasteiger partial charge in [0, 0.05) is 0 Å². The third-order valence-electron chi connectivity index (χ3n) is 2.78. The molecule has 0 saturated carbocycles. The van der Waals surface area contributed by atoms with Crippen molar-refractivity contribution in [3.8, 4) is 0 Å². The third-order valence-corrected chi connectivity index (χ3v) is 2.78. The topological polar surface area (TPSA) is 149 Å². The number of hydrogen-bond acceptors (Lipinski definition) is 4. The van der Waals surface area contributed by atoms with Crippen LogP contribution in [0.5, 0.6) is 0 Å². The maximum atomic E-state index is 11.0. The van der Waals surface area contributed by atoms with Gasteiger partial charge in [0.05, 0.1) is 0 Å². The van der Waals surface area contributed by atoms with Gasteiger partial charge in [0.1, 0.15) is 0 Å². The average molecular weight is 296 g/mol. The fraction of sp³-hybridized carbons (Fsp3) is 0.231. The Labute approximate surface area is 118 Å². The van der Waals surface area contributed by atoms with E-state index in [4.69, 9.17) is 20.4 Å². The number of benzene rings is 1. The highest BCUT2D eigenvalue weighted by Crippen LogP contribution is 2.25. The molecule has 0 atom stereocenters. The molecule has 8 heteroatoms. The molecular weight excluding hydrogens is 284 g/mol. The molecule has 0 aromatic heterocycles. The largest absolute Gasteiger partial charge is 0.480 e. The molecule has 0 aliphatic rings. The molecule has 0 radical (unpaired) electrons. The summed E-state index contributed by atoms with van der Waals surface area (Å²) < 4.78 is 0. The smallest absolute Gasteiger partial charge is 0.322 e. The normalized spacial score (nSPS) is 10.6. The van der Waals surface area contributed by atoms with Crippen molar-refractivity contribution in [3.63, 3.8) is 0 Å². The maximum Gasteiger partial charge on any atom is 0.322 e. The van der Waals surface area contributed by atoms with E-state index < -0.39 is 35.7 Å². The Morgan fingerprint density at radius 2 is 1.00 bits per heavy atom. The summed E-state index contributed by atoms with van der Waals surface area (Å²) >= 11 is 0. The molecule has 0 aliphatic heterocycles. The first-order chi connectivity index (χ1) is 9.65. The quantitative estimate of drug-likeness (QED) is 0.554. The molecule has 0 spiro atoms. The summed E-state index contributed by atoms with van der Waals surface area (Å²) in [4.78, 5) is 44.0. The number of carboxylic acid groups (broad SMARTS) is 4. The molecule has 1 rings (SSSR count). The lowest BCUT2D eigenvalue weighted by atomic mass is 9.90. The minimum absolute atomic E-state index is 0.183. The number of hydrogen-bond donors (Lipinski definition) is 4. The molecule has 4 N–H and O–H groups in total. The van der Waals surface area contributed by atoms with Crippen molar-refractivity contribution in [2.75, 3.05) is 0 Å². The van der Waals surface area contributed by atoms with Crippen LogP contribution in [0, 0.1) is 6.92 Å². The lowest BCUT2D eigenvalue weighted by Gasteiger charge is -2.14. The Morgan fingerprint density at radius 3 is 1.24 bits per heavy atom. The molecule has 0 unspecified atom stereocenters. The predicted octanol–water partition coefficient (Wildman–Crippen LogP) is 0.501. The molecule has 0 amide bonds. The van der Waals surface area contributed by atoms with Gasteiger partial charge in [-0.3, -0.25) is 19.2 Å². The molecule has 0 fully saturated rings. The van der Waals surface area contributed by atoms with Crippen LogP contribution in [0.15, 0.2) is 18.2 Å². The van der Waals surface area contributed by atoms with Gasteiger partial charge in [0.15, 0.2) is 11.8 Å². The monoisotopic (exact) mass is 296 g/mol. The Hall–Kier alpha value is -2.90. The van der Waals surface area contributed by atoms with E-state index in [-0.39, 0.29) is 11.1 Å². The van der Waals surface area contributed by atoms with Gasteiger partial charge in [-0.25, -0.2) is 0 Å². The predicted molar refractivity (Wildman–Crippen MR) is 67.2 cm³/mol. The van der Waals surface area contributed by atoms with E-state index in [1.807, 2.05) is 0 Å². The van der Waals surface area contributed by atoms with E-state index in [1.165, 1.54) is 19.1 Å². The van der Waals surface area contributed by atoms with Crippen LogP contribution in [0.2, 0.25) is 0 Å². The summed E-state index contributed by atoms with van der Waals surface area (Å²) in [5.41, 5.74) is -0.00231. The summed E-state index contributed by atoms with van der Waals surface area (Å²) in [6.45, 7) is 1.48. The molecule has 0 saturated heterocycles. The van der Waals surface area contributed by atoms with E-state index in [0.29, 0.717) is 5.56 Å². The SMILES string of the molecule is Cc1cc(C(C(=O)O)C(=O)O)cc(C(C(=O)O)C(=O)O)c1. The number of aryl methyl sites for hydroxylation is 1. The Kier molecular flexibility index (Phi) is 4.64. The molecule has 8 nitrogen and oxygen atoms in total. The van der Waals surface area contributed by atoms with Gasteiger partial charge in [-0.2, -0.15) is 0 Å². The van der Waals surface area contributed by atoms with E-state index >= 15 is 0 Å². The van der Waals surface area contributed by atoms with Crippen molar-refractivity contribution >= 4 is 23.9 Å². The molecular formula is C13H12O8. The standard InChI is InChI=1S/C13H12O8/c1-5-2-6(8(10(14)15)11(16)17)4-7(3-5)9(12(18)19)13(20)21/h2-4,8-9H,1H3,(H,14,15)(H,16,17)(H,18,19)(H,20,21). The second kappa shape index (κ2) is 6.04. The zero-order chi connectivity index (χ0) is 16.3. The third kappa shape index (κ3) is 3.56. The van der Waals surface area contributed by atoms with Gasteiger partial charge in [-0.15, -0.1) is 0 Å². The van der Waals surface area contributed by atoms with Gasteiger partial charge in [0.25, 0.3) is 0 Å². The van der Waals surface area contributed by atoms with Crippen molar-refractivity contribution in [2.45, 2.75) is 18.8 Å². The fourth-order valence-corrected chi connectivity index (χ4v) is 1.96. The summed E-state index contributed by atoms with van der Waals surface area (Å²) in [6, 6.07) is 3.50. The van der Waals surface area contributed by atoms with Gasteiger partial charge in [-0.1, -0.05) is 23.8 Å². The Bertz CT molecular complexity index is 540. The minimum Gasteiger partial charge on any atom is -0.480 e. The van der Waals surface area contributed by atoms with Crippen molar-refractivity contribution in [3.05, 3.63) is 34.9 Å². The maximum absolute atomic E-state index is 11.0. The molecule has 0 bridgehead atoms. The number of carbonyl (C=O) groups is 4. The first-order valence-corrected chi connectivity index (χ1v) is 5.68. The van der Waals surface area contributed by atoms with Crippen LogP contribution in [-0.4, -0.2) is 44.3 Å². The van der Waals surface area contributed by atoms with Crippen LogP contribution in [0.25, 0.3) is 0 Å². The highest BCUT2D eigenvalue weighted by atomic mass is 16.4. The van der Waals surface area contributed by atoms with Crippen molar-refractivity contribution in [1.82, 2.24) is 0 Å². The summed E-state index contributed by atoms with van der Waals surface area (Å²) in [6.07, 6.45) is 0. The summed E-state index contributed by atoms with van der Waals surface area (Å²) in [5, 5.41) is 35.7. The van der Waals surface area contributed by atoms with Gasteiger partial charge in [0.2, 0.25) is 0 Å². The van der Waals surface area contributed by atoms with Crippen molar-refractivity contribution in [2.24, 2.45) is 0 Å². The van der Waals surface area contributed by atoms with E-state index in [9.17, 15) is 19.2 Å². The fourth-order valence-electron chi connectivity index (χ4n) is 1.96. The number of rotatable bonds is 6. The molecule has 0 aliphatic carbocycles. The van der Waals surface area contributed by atoms with Crippen LogP contribution in [0.3, 0.4) is 0 Å². The highest BCUT2D eigenvalue weighted by Gasteiger charge is 2.32. The first-order valence-electron chi connectivity index (χ1n) is 5.68. The van der Waals surface area contributed by atoms with Crippen LogP contribution < -0.4 is 0 Å². The lowest BCUT2D eigenvalue weighted by Crippen LogP contribution is -2.24. The second-order valence-electron chi connectivity index (χ2n) is 4.40. The first kappa shape index (κ1) is 16.2. The molecule has 21 heavy (non-hydrogen) atoms. The second-order valence-corrected chi connectivity index (χ2v) is 4.40. The zero-order valence-electron chi connectivity index (χ0n) is 10.8. The van der Waals surface area contributed by atoms with Crippen LogP contribution in [0.4, 0.5) is 0 Å². The van der Waals surface area contributed by atoms with Gasteiger partial charge in [-0.05, 0) is 18.1 Å². The van der Waals surface area contributed by atoms with Crippen LogP contribution in [0.1, 0.15) is 28.5 Å².